The van der Waals surface area contributed by atoms with Gasteiger partial charge in [-0.25, -0.2) is 4.79 Å². The van der Waals surface area contributed by atoms with E-state index in [0.29, 0.717) is 10.2 Å². The fourth-order valence-corrected chi connectivity index (χ4v) is 3.31. The van der Waals surface area contributed by atoms with Gasteiger partial charge in [0, 0.05) is 18.6 Å². The number of likely N-dealkylation sites (tertiary alicyclic amines) is 1. The zero-order valence-corrected chi connectivity index (χ0v) is 17.7. The fraction of sp³-hybridized carbons (Fsp3) is 0.765. The summed E-state index contributed by atoms with van der Waals surface area (Å²) in [6.07, 6.45) is 1.14. The molecule has 0 radical (unpaired) electrons. The van der Waals surface area contributed by atoms with Gasteiger partial charge in [-0.3, -0.25) is 14.9 Å². The normalized spacial score (nSPS) is 16.6. The summed E-state index contributed by atoms with van der Waals surface area (Å²) < 4.78 is 5.74. The molecule has 7 nitrogen and oxygen atoms in total. The van der Waals surface area contributed by atoms with E-state index in [9.17, 15) is 14.4 Å². The number of thioether (sulfide) groups is 1. The van der Waals surface area contributed by atoms with Crippen molar-refractivity contribution >= 4 is 46.2 Å². The molecule has 26 heavy (non-hydrogen) atoms. The first kappa shape index (κ1) is 22.7. The van der Waals surface area contributed by atoms with Crippen LogP contribution in [0.4, 0.5) is 4.79 Å². The largest absolute Gasteiger partial charge is 0.452 e. The van der Waals surface area contributed by atoms with Crippen LogP contribution in [-0.4, -0.2) is 57.6 Å². The van der Waals surface area contributed by atoms with E-state index in [1.807, 2.05) is 0 Å². The van der Waals surface area contributed by atoms with Gasteiger partial charge in [0.05, 0.1) is 5.75 Å². The van der Waals surface area contributed by atoms with Crippen LogP contribution in [0.5, 0.6) is 0 Å². The zero-order valence-electron chi connectivity index (χ0n) is 16.1. The quantitative estimate of drug-likeness (QED) is 0.550. The number of carbonyl (C=O) groups excluding carboxylic acids is 3. The number of urea groups is 1. The summed E-state index contributed by atoms with van der Waals surface area (Å²) in [5.74, 6) is -0.463. The van der Waals surface area contributed by atoms with E-state index in [1.54, 1.807) is 20.8 Å². The van der Waals surface area contributed by atoms with Gasteiger partial charge in [-0.1, -0.05) is 30.9 Å². The topological polar surface area (TPSA) is 87.7 Å². The molecule has 0 aliphatic carbocycles. The summed E-state index contributed by atoms with van der Waals surface area (Å²) in [6.45, 7) is 10.8. The van der Waals surface area contributed by atoms with Gasteiger partial charge in [-0.2, -0.15) is 0 Å². The van der Waals surface area contributed by atoms with E-state index in [1.165, 1.54) is 18.7 Å². The second-order valence-corrected chi connectivity index (χ2v) is 9.16. The number of amides is 3. The lowest BCUT2D eigenvalue weighted by atomic mass is 10.00. The van der Waals surface area contributed by atoms with Crippen LogP contribution in [0.3, 0.4) is 0 Å². The molecule has 0 aromatic carbocycles. The molecule has 1 aliphatic heterocycles. The molecular weight excluding hydrogens is 374 g/mol. The molecular formula is C17H29N3O4S2. The molecule has 1 rings (SSSR count). The number of carbonyl (C=O) groups is 3. The van der Waals surface area contributed by atoms with Crippen LogP contribution in [0, 0.1) is 5.92 Å². The number of hydrogen-bond donors (Lipinski definition) is 2. The van der Waals surface area contributed by atoms with Crippen LogP contribution in [0.2, 0.25) is 0 Å². The number of thiocarbonyl (C=S) groups is 1. The molecule has 0 saturated carbocycles. The number of piperidine rings is 1. The van der Waals surface area contributed by atoms with Crippen LogP contribution < -0.4 is 10.6 Å². The Balaban J connectivity index is 2.32. The van der Waals surface area contributed by atoms with Crippen LogP contribution in [0.15, 0.2) is 0 Å². The van der Waals surface area contributed by atoms with Crippen molar-refractivity contribution in [2.75, 3.05) is 18.8 Å². The molecule has 9 heteroatoms. The summed E-state index contributed by atoms with van der Waals surface area (Å²) in [6, 6.07) is -0.625. The second kappa shape index (κ2) is 10.1. The highest BCUT2D eigenvalue weighted by Crippen LogP contribution is 2.20. The third-order valence-electron chi connectivity index (χ3n) is 3.76. The van der Waals surface area contributed by atoms with Crippen molar-refractivity contribution in [3.8, 4) is 0 Å². The minimum absolute atomic E-state index is 0.0384. The van der Waals surface area contributed by atoms with Crippen LogP contribution in [0.25, 0.3) is 0 Å². The Morgan fingerprint density at radius 3 is 2.38 bits per heavy atom. The van der Waals surface area contributed by atoms with E-state index in [4.69, 9.17) is 17.0 Å². The Hall–Kier alpha value is -1.35. The molecule has 0 aromatic rings. The maximum atomic E-state index is 11.9. The number of esters is 1. The van der Waals surface area contributed by atoms with Crippen molar-refractivity contribution in [1.29, 1.82) is 0 Å². The summed E-state index contributed by atoms with van der Waals surface area (Å²) >= 11 is 6.59. The van der Waals surface area contributed by atoms with Crippen molar-refractivity contribution in [2.24, 2.45) is 5.92 Å². The van der Waals surface area contributed by atoms with E-state index >= 15 is 0 Å². The number of rotatable bonds is 4. The average molecular weight is 404 g/mol. The lowest BCUT2D eigenvalue weighted by Crippen LogP contribution is -2.50. The molecule has 2 N–H and O–H groups in total. The van der Waals surface area contributed by atoms with Gasteiger partial charge in [-0.15, -0.1) is 0 Å². The number of imide groups is 1. The molecule has 1 aliphatic rings. The van der Waals surface area contributed by atoms with Crippen LogP contribution >= 0.6 is 24.0 Å². The molecule has 1 fully saturated rings. The Kier molecular flexibility index (Phi) is 8.82. The molecule has 0 aromatic heterocycles. The summed E-state index contributed by atoms with van der Waals surface area (Å²) in [5, 5.41) is 4.75. The molecule has 0 bridgehead atoms. The first-order valence-electron chi connectivity index (χ1n) is 8.72. The highest BCUT2D eigenvalue weighted by atomic mass is 32.2. The van der Waals surface area contributed by atoms with Gasteiger partial charge < -0.3 is 15.0 Å². The average Bonchev–Trinajstić information content (AvgIpc) is 2.51. The first-order valence-corrected chi connectivity index (χ1v) is 10.1. The SMILES string of the molecule is CC1CCN(C(=S)SCC(=O)O[C@@H](C)C(=O)NC(=O)NC(C)(C)C)CC1. The third-order valence-corrected chi connectivity index (χ3v) is 5.25. The Morgan fingerprint density at radius 2 is 1.85 bits per heavy atom. The molecule has 3 amide bonds. The van der Waals surface area contributed by atoms with Gasteiger partial charge >= 0.3 is 12.0 Å². The van der Waals surface area contributed by atoms with Crippen molar-refractivity contribution in [3.05, 3.63) is 0 Å². The van der Waals surface area contributed by atoms with E-state index in [2.05, 4.69) is 22.5 Å². The van der Waals surface area contributed by atoms with Gasteiger partial charge in [0.25, 0.3) is 5.91 Å². The lowest BCUT2D eigenvalue weighted by Gasteiger charge is -2.31. The summed E-state index contributed by atoms with van der Waals surface area (Å²) in [5.41, 5.74) is -0.469. The Morgan fingerprint density at radius 1 is 1.27 bits per heavy atom. The maximum Gasteiger partial charge on any atom is 0.321 e. The molecule has 0 spiro atoms. The monoisotopic (exact) mass is 403 g/mol. The number of ether oxygens (including phenoxy) is 1. The van der Waals surface area contributed by atoms with E-state index in [0.717, 1.165) is 25.9 Å². The lowest BCUT2D eigenvalue weighted by molar-refractivity contribution is -0.151. The van der Waals surface area contributed by atoms with Crippen molar-refractivity contribution in [2.45, 2.75) is 59.1 Å². The number of nitrogens with zero attached hydrogens (tertiary/aromatic N) is 1. The maximum absolute atomic E-state index is 11.9. The predicted octanol–water partition coefficient (Wildman–Crippen LogP) is 2.29. The molecule has 148 valence electrons. The smallest absolute Gasteiger partial charge is 0.321 e. The molecule has 1 atom stereocenters. The van der Waals surface area contributed by atoms with Crippen LogP contribution in [-0.2, 0) is 14.3 Å². The zero-order chi connectivity index (χ0) is 19.9. The number of hydrogen-bond acceptors (Lipinski definition) is 6. The highest BCUT2D eigenvalue weighted by molar-refractivity contribution is 8.23. The summed E-state index contributed by atoms with van der Waals surface area (Å²) in [4.78, 5) is 37.6. The Labute approximate surface area is 165 Å². The molecule has 1 saturated heterocycles. The van der Waals surface area contributed by atoms with Crippen LogP contribution in [0.1, 0.15) is 47.5 Å². The molecule has 0 unspecified atom stereocenters. The fourth-order valence-electron chi connectivity index (χ4n) is 2.27. The standard InChI is InChI=1S/C17H29N3O4S2/c1-11-6-8-20(9-7-11)16(25)26-10-13(21)24-12(2)14(22)18-15(23)19-17(3,4)5/h11-12H,6-10H2,1-5H3,(H2,18,19,22,23)/t12-/m0/s1. The second-order valence-electron chi connectivity index (χ2n) is 7.55. The molecule has 1 heterocycles. The first-order chi connectivity index (χ1) is 12.0. The van der Waals surface area contributed by atoms with Crippen molar-refractivity contribution in [3.63, 3.8) is 0 Å². The Bertz CT molecular complexity index is 541. The van der Waals surface area contributed by atoms with E-state index < -0.39 is 29.6 Å². The highest BCUT2D eigenvalue weighted by Gasteiger charge is 2.23. The van der Waals surface area contributed by atoms with Gasteiger partial charge in [-0.05, 0) is 46.5 Å². The van der Waals surface area contributed by atoms with Gasteiger partial charge in [0.2, 0.25) is 0 Å². The number of nitrogens with one attached hydrogen (secondary N) is 2. The predicted molar refractivity (Wildman–Crippen MR) is 107 cm³/mol. The van der Waals surface area contributed by atoms with Gasteiger partial charge in [0.1, 0.15) is 4.32 Å². The summed E-state index contributed by atoms with van der Waals surface area (Å²) in [7, 11) is 0. The minimum Gasteiger partial charge on any atom is -0.452 e. The van der Waals surface area contributed by atoms with E-state index in [-0.39, 0.29) is 5.75 Å². The third kappa shape index (κ3) is 8.84. The van der Waals surface area contributed by atoms with Crippen molar-refractivity contribution in [1.82, 2.24) is 15.5 Å². The van der Waals surface area contributed by atoms with Crippen molar-refractivity contribution < 1.29 is 19.1 Å². The minimum atomic E-state index is -1.06. The van der Waals surface area contributed by atoms with Gasteiger partial charge in [0.15, 0.2) is 6.10 Å².